The minimum Gasteiger partial charge on any atom is -0.378 e. The summed E-state index contributed by atoms with van der Waals surface area (Å²) in [7, 11) is -2.13. The number of ether oxygens (including phenoxy) is 1. The van der Waals surface area contributed by atoms with E-state index in [4.69, 9.17) is 10.00 Å². The lowest BCUT2D eigenvalue weighted by Gasteiger charge is -2.62. The average Bonchev–Trinajstić information content (AvgIpc) is 2.48. The molecule has 2 saturated carbocycles. The van der Waals surface area contributed by atoms with Crippen molar-refractivity contribution in [3.63, 3.8) is 0 Å². The van der Waals surface area contributed by atoms with E-state index in [1.54, 1.807) is 13.1 Å². The third kappa shape index (κ3) is 2.36. The van der Waals surface area contributed by atoms with Crippen LogP contribution in [0.3, 0.4) is 0 Å². The van der Waals surface area contributed by atoms with Gasteiger partial charge in [-0.3, -0.25) is 0 Å². The SMILES string of the molecule is CCO[C@H]1C[C@H](N(C)S(=O)(=O)c2cccnc2C#N)C12CCC2. The van der Waals surface area contributed by atoms with E-state index in [1.165, 1.54) is 16.6 Å². The van der Waals surface area contributed by atoms with Crippen LogP contribution in [0.15, 0.2) is 23.2 Å². The summed E-state index contributed by atoms with van der Waals surface area (Å²) in [6.07, 6.45) is 5.41. The van der Waals surface area contributed by atoms with Crippen molar-refractivity contribution in [2.75, 3.05) is 13.7 Å². The lowest BCUT2D eigenvalue weighted by Crippen LogP contribution is -2.67. The number of aromatic nitrogens is 1. The number of hydrogen-bond donors (Lipinski definition) is 0. The monoisotopic (exact) mass is 335 g/mol. The largest absolute Gasteiger partial charge is 0.378 e. The van der Waals surface area contributed by atoms with Gasteiger partial charge < -0.3 is 4.74 Å². The maximum Gasteiger partial charge on any atom is 0.245 e. The Morgan fingerprint density at radius 2 is 2.26 bits per heavy atom. The Balaban J connectivity index is 1.89. The zero-order valence-corrected chi connectivity index (χ0v) is 14.2. The van der Waals surface area contributed by atoms with Gasteiger partial charge in [0.2, 0.25) is 10.0 Å². The summed E-state index contributed by atoms with van der Waals surface area (Å²) in [6.45, 7) is 2.62. The second kappa shape index (κ2) is 5.86. The fourth-order valence-corrected chi connectivity index (χ4v) is 5.45. The van der Waals surface area contributed by atoms with Crippen LogP contribution < -0.4 is 0 Å². The van der Waals surface area contributed by atoms with E-state index in [-0.39, 0.29) is 28.2 Å². The first-order valence-corrected chi connectivity index (χ1v) is 9.36. The summed E-state index contributed by atoms with van der Waals surface area (Å²) in [5.74, 6) is 0. The number of nitrogens with zero attached hydrogens (tertiary/aromatic N) is 3. The molecule has 0 bridgehead atoms. The second-order valence-electron chi connectivity index (χ2n) is 6.27. The molecule has 2 atom stereocenters. The molecule has 124 valence electrons. The standard InChI is InChI=1S/C16H21N3O3S/c1-3-22-15-10-14(16(15)7-5-8-16)19(2)23(20,21)13-6-4-9-18-12(13)11-17/h4,6,9,14-15H,3,5,7-8,10H2,1-2H3/t14-,15-/m0/s1. The quantitative estimate of drug-likeness (QED) is 0.821. The minimum atomic E-state index is -3.73. The summed E-state index contributed by atoms with van der Waals surface area (Å²) in [5.41, 5.74) is -0.102. The van der Waals surface area contributed by atoms with E-state index in [9.17, 15) is 8.42 Å². The van der Waals surface area contributed by atoms with Gasteiger partial charge in [0.25, 0.3) is 0 Å². The third-order valence-corrected chi connectivity index (χ3v) is 7.27. The molecule has 0 amide bonds. The molecule has 0 N–H and O–H groups in total. The molecule has 0 aromatic carbocycles. The molecule has 7 heteroatoms. The van der Waals surface area contributed by atoms with Crippen LogP contribution in [0, 0.1) is 16.7 Å². The summed E-state index contributed by atoms with van der Waals surface area (Å²) >= 11 is 0. The summed E-state index contributed by atoms with van der Waals surface area (Å²) in [4.78, 5) is 3.86. The van der Waals surface area contributed by atoms with Crippen molar-refractivity contribution in [1.29, 1.82) is 5.26 Å². The van der Waals surface area contributed by atoms with Crippen molar-refractivity contribution < 1.29 is 13.2 Å². The van der Waals surface area contributed by atoms with E-state index in [0.717, 1.165) is 19.3 Å². The molecular weight excluding hydrogens is 314 g/mol. The molecule has 2 aliphatic carbocycles. The second-order valence-corrected chi connectivity index (χ2v) is 8.23. The lowest BCUT2D eigenvalue weighted by molar-refractivity contribution is -0.187. The van der Waals surface area contributed by atoms with Crippen LogP contribution in [-0.4, -0.2) is 43.5 Å². The maximum absolute atomic E-state index is 12.9. The Bertz CT molecular complexity index is 737. The molecule has 1 heterocycles. The van der Waals surface area contributed by atoms with Crippen molar-refractivity contribution in [1.82, 2.24) is 9.29 Å². The molecule has 0 unspecified atom stereocenters. The van der Waals surface area contributed by atoms with Crippen molar-refractivity contribution in [2.24, 2.45) is 5.41 Å². The molecule has 1 aromatic heterocycles. The van der Waals surface area contributed by atoms with E-state index >= 15 is 0 Å². The van der Waals surface area contributed by atoms with E-state index < -0.39 is 10.0 Å². The molecule has 2 fully saturated rings. The Morgan fingerprint density at radius 1 is 1.52 bits per heavy atom. The van der Waals surface area contributed by atoms with Crippen LogP contribution in [0.4, 0.5) is 0 Å². The first-order chi connectivity index (χ1) is 11.0. The highest BCUT2D eigenvalue weighted by molar-refractivity contribution is 7.89. The van der Waals surface area contributed by atoms with Gasteiger partial charge in [-0.25, -0.2) is 13.4 Å². The van der Waals surface area contributed by atoms with Crippen molar-refractivity contribution in [3.8, 4) is 6.07 Å². The number of sulfonamides is 1. The molecule has 3 rings (SSSR count). The summed E-state index contributed by atoms with van der Waals surface area (Å²) < 4.78 is 33.1. The van der Waals surface area contributed by atoms with Crippen molar-refractivity contribution in [3.05, 3.63) is 24.0 Å². The zero-order valence-electron chi connectivity index (χ0n) is 13.4. The predicted molar refractivity (Wildman–Crippen MR) is 84.0 cm³/mol. The maximum atomic E-state index is 12.9. The topological polar surface area (TPSA) is 83.3 Å². The number of rotatable bonds is 5. The Hall–Kier alpha value is -1.49. The van der Waals surface area contributed by atoms with Gasteiger partial charge in [-0.15, -0.1) is 0 Å². The van der Waals surface area contributed by atoms with E-state index in [0.29, 0.717) is 13.0 Å². The zero-order chi connectivity index (χ0) is 16.7. The van der Waals surface area contributed by atoms with Gasteiger partial charge in [0.1, 0.15) is 11.0 Å². The minimum absolute atomic E-state index is 0.0145. The highest BCUT2D eigenvalue weighted by atomic mass is 32.2. The van der Waals surface area contributed by atoms with Gasteiger partial charge in [0.15, 0.2) is 5.69 Å². The van der Waals surface area contributed by atoms with Gasteiger partial charge >= 0.3 is 0 Å². The van der Waals surface area contributed by atoms with E-state index in [1.807, 2.05) is 13.0 Å². The normalized spacial score (nSPS) is 25.7. The van der Waals surface area contributed by atoms with Crippen molar-refractivity contribution >= 4 is 10.0 Å². The van der Waals surface area contributed by atoms with Crippen molar-refractivity contribution in [2.45, 2.75) is 49.6 Å². The van der Waals surface area contributed by atoms with Crippen LogP contribution in [0.2, 0.25) is 0 Å². The van der Waals surface area contributed by atoms with Gasteiger partial charge in [0.05, 0.1) is 6.10 Å². The number of pyridine rings is 1. The molecule has 6 nitrogen and oxygen atoms in total. The highest BCUT2D eigenvalue weighted by Crippen LogP contribution is 2.59. The predicted octanol–water partition coefficient (Wildman–Crippen LogP) is 1.92. The number of hydrogen-bond acceptors (Lipinski definition) is 5. The van der Waals surface area contributed by atoms with Gasteiger partial charge in [0, 0.05) is 31.3 Å². The molecule has 0 aliphatic heterocycles. The van der Waals surface area contributed by atoms with Crippen LogP contribution >= 0.6 is 0 Å². The van der Waals surface area contributed by atoms with Crippen LogP contribution in [0.25, 0.3) is 0 Å². The van der Waals surface area contributed by atoms with Crippen LogP contribution in [0.1, 0.15) is 38.3 Å². The first kappa shape index (κ1) is 16.4. The molecule has 2 aliphatic rings. The van der Waals surface area contributed by atoms with Crippen LogP contribution in [0.5, 0.6) is 0 Å². The van der Waals surface area contributed by atoms with E-state index in [2.05, 4.69) is 4.98 Å². The Labute approximate surface area is 137 Å². The Kier molecular flexibility index (Phi) is 4.17. The summed E-state index contributed by atoms with van der Waals surface area (Å²) in [5, 5.41) is 9.13. The lowest BCUT2D eigenvalue weighted by atomic mass is 9.51. The molecule has 1 spiro atoms. The molecular formula is C16H21N3O3S. The molecule has 23 heavy (non-hydrogen) atoms. The fourth-order valence-electron chi connectivity index (χ4n) is 3.92. The molecule has 0 radical (unpaired) electrons. The molecule has 1 aromatic rings. The smallest absolute Gasteiger partial charge is 0.245 e. The summed E-state index contributed by atoms with van der Waals surface area (Å²) in [6, 6.07) is 4.80. The Morgan fingerprint density at radius 3 is 2.83 bits per heavy atom. The fraction of sp³-hybridized carbons (Fsp3) is 0.625. The highest BCUT2D eigenvalue weighted by Gasteiger charge is 2.61. The van der Waals surface area contributed by atoms with Gasteiger partial charge in [-0.2, -0.15) is 9.57 Å². The third-order valence-electron chi connectivity index (χ3n) is 5.37. The van der Waals surface area contributed by atoms with Crippen LogP contribution in [-0.2, 0) is 14.8 Å². The molecule has 0 saturated heterocycles. The van der Waals surface area contributed by atoms with Gasteiger partial charge in [-0.1, -0.05) is 6.42 Å². The number of nitriles is 1. The first-order valence-electron chi connectivity index (χ1n) is 7.92. The average molecular weight is 335 g/mol. The van der Waals surface area contributed by atoms with Gasteiger partial charge in [-0.05, 0) is 38.3 Å².